The summed E-state index contributed by atoms with van der Waals surface area (Å²) >= 11 is 3.29. The molecule has 0 aliphatic carbocycles. The van der Waals surface area contributed by atoms with Crippen molar-refractivity contribution in [2.75, 3.05) is 5.32 Å². The predicted molar refractivity (Wildman–Crippen MR) is 73.2 cm³/mol. The SMILES string of the molecule is Cc1ccc(C(=O)Nc2ccc(F)c(F)c2)c(Br)c1. The maximum atomic E-state index is 13.0. The molecule has 0 unspecified atom stereocenters. The third kappa shape index (κ3) is 3.17. The molecule has 5 heteroatoms. The molecule has 2 rings (SSSR count). The third-order valence-corrected chi connectivity index (χ3v) is 3.20. The summed E-state index contributed by atoms with van der Waals surface area (Å²) in [6.07, 6.45) is 0. The highest BCUT2D eigenvalue weighted by atomic mass is 79.9. The first-order chi connectivity index (χ1) is 8.97. The molecule has 0 spiro atoms. The molecule has 0 fully saturated rings. The number of hydrogen-bond donors (Lipinski definition) is 1. The largest absolute Gasteiger partial charge is 0.322 e. The standard InChI is InChI=1S/C14H10BrF2NO/c1-8-2-4-10(11(15)6-8)14(19)18-9-3-5-12(16)13(17)7-9/h2-7H,1H3,(H,18,19). The number of halogens is 3. The van der Waals surface area contributed by atoms with E-state index in [0.29, 0.717) is 10.0 Å². The van der Waals surface area contributed by atoms with Crippen LogP contribution < -0.4 is 5.32 Å². The van der Waals surface area contributed by atoms with Crippen LogP contribution in [0, 0.1) is 18.6 Å². The highest BCUT2D eigenvalue weighted by molar-refractivity contribution is 9.10. The summed E-state index contributed by atoms with van der Waals surface area (Å²) in [6.45, 7) is 1.90. The molecule has 2 aromatic carbocycles. The minimum absolute atomic E-state index is 0.205. The second kappa shape index (κ2) is 5.48. The Hall–Kier alpha value is -1.75. The summed E-state index contributed by atoms with van der Waals surface area (Å²) in [4.78, 5) is 12.0. The molecule has 0 bridgehead atoms. The zero-order valence-electron chi connectivity index (χ0n) is 10.0. The Balaban J connectivity index is 2.23. The zero-order valence-corrected chi connectivity index (χ0v) is 11.6. The minimum Gasteiger partial charge on any atom is -0.322 e. The molecular formula is C14H10BrF2NO. The van der Waals surface area contributed by atoms with E-state index >= 15 is 0 Å². The van der Waals surface area contributed by atoms with E-state index in [2.05, 4.69) is 21.2 Å². The van der Waals surface area contributed by atoms with Crippen LogP contribution >= 0.6 is 15.9 Å². The van der Waals surface area contributed by atoms with E-state index in [0.717, 1.165) is 17.7 Å². The number of rotatable bonds is 2. The molecule has 19 heavy (non-hydrogen) atoms. The lowest BCUT2D eigenvalue weighted by Gasteiger charge is -2.08. The second-order valence-electron chi connectivity index (χ2n) is 4.07. The van der Waals surface area contributed by atoms with Gasteiger partial charge < -0.3 is 5.32 Å². The van der Waals surface area contributed by atoms with Crippen LogP contribution in [0.25, 0.3) is 0 Å². The van der Waals surface area contributed by atoms with Gasteiger partial charge in [0.25, 0.3) is 5.91 Å². The topological polar surface area (TPSA) is 29.1 Å². The summed E-state index contributed by atoms with van der Waals surface area (Å²) in [5, 5.41) is 2.51. The van der Waals surface area contributed by atoms with E-state index in [1.165, 1.54) is 6.07 Å². The Bertz CT molecular complexity index is 643. The van der Waals surface area contributed by atoms with Crippen LogP contribution in [0.1, 0.15) is 15.9 Å². The highest BCUT2D eigenvalue weighted by Gasteiger charge is 2.11. The molecule has 0 saturated heterocycles. The van der Waals surface area contributed by atoms with Crippen molar-refractivity contribution in [3.63, 3.8) is 0 Å². The summed E-state index contributed by atoms with van der Waals surface area (Å²) in [7, 11) is 0. The molecule has 0 aliphatic rings. The van der Waals surface area contributed by atoms with Gasteiger partial charge in [0.1, 0.15) is 0 Å². The number of nitrogens with one attached hydrogen (secondary N) is 1. The van der Waals surface area contributed by atoms with E-state index in [1.807, 2.05) is 6.92 Å². The molecule has 1 amide bonds. The first-order valence-electron chi connectivity index (χ1n) is 5.50. The van der Waals surface area contributed by atoms with Crippen LogP contribution in [-0.4, -0.2) is 5.91 Å². The van der Waals surface area contributed by atoms with Crippen molar-refractivity contribution in [3.8, 4) is 0 Å². The molecule has 0 aliphatic heterocycles. The number of anilines is 1. The van der Waals surface area contributed by atoms with Crippen LogP contribution in [-0.2, 0) is 0 Å². The number of aryl methyl sites for hydroxylation is 1. The molecule has 1 N–H and O–H groups in total. The van der Waals surface area contributed by atoms with Gasteiger partial charge in [0.15, 0.2) is 11.6 Å². The van der Waals surface area contributed by atoms with Crippen LogP contribution in [0.3, 0.4) is 0 Å². The molecule has 0 radical (unpaired) electrons. The molecule has 0 heterocycles. The molecule has 98 valence electrons. The van der Waals surface area contributed by atoms with Gasteiger partial charge in [0, 0.05) is 16.2 Å². The molecule has 0 aromatic heterocycles. The van der Waals surface area contributed by atoms with E-state index in [9.17, 15) is 13.6 Å². The Morgan fingerprint density at radius 3 is 2.47 bits per heavy atom. The number of carbonyl (C=O) groups is 1. The van der Waals surface area contributed by atoms with E-state index in [-0.39, 0.29) is 5.69 Å². The fourth-order valence-corrected chi connectivity index (χ4v) is 2.25. The Morgan fingerprint density at radius 2 is 1.84 bits per heavy atom. The first-order valence-corrected chi connectivity index (χ1v) is 6.29. The fourth-order valence-electron chi connectivity index (χ4n) is 1.58. The van der Waals surface area contributed by atoms with E-state index < -0.39 is 17.5 Å². The summed E-state index contributed by atoms with van der Waals surface area (Å²) in [5.74, 6) is -2.34. The van der Waals surface area contributed by atoms with Gasteiger partial charge >= 0.3 is 0 Å². The molecule has 0 atom stereocenters. The molecular weight excluding hydrogens is 316 g/mol. The van der Waals surface area contributed by atoms with Gasteiger partial charge in [0.05, 0.1) is 5.56 Å². The smallest absolute Gasteiger partial charge is 0.256 e. The second-order valence-corrected chi connectivity index (χ2v) is 4.92. The normalized spacial score (nSPS) is 10.3. The van der Waals surface area contributed by atoms with Crippen LogP contribution in [0.5, 0.6) is 0 Å². The summed E-state index contributed by atoms with van der Waals surface area (Å²) < 4.78 is 26.4. The highest BCUT2D eigenvalue weighted by Crippen LogP contribution is 2.20. The van der Waals surface area contributed by atoms with Gasteiger partial charge in [-0.25, -0.2) is 8.78 Å². The Labute approximate surface area is 117 Å². The molecule has 0 saturated carbocycles. The Morgan fingerprint density at radius 1 is 1.11 bits per heavy atom. The maximum absolute atomic E-state index is 13.0. The average molecular weight is 326 g/mol. The van der Waals surface area contributed by atoms with Gasteiger partial charge in [-0.3, -0.25) is 4.79 Å². The quantitative estimate of drug-likeness (QED) is 0.876. The van der Waals surface area contributed by atoms with Gasteiger partial charge in [-0.05, 0) is 52.7 Å². The van der Waals surface area contributed by atoms with Crippen molar-refractivity contribution >= 4 is 27.5 Å². The van der Waals surface area contributed by atoms with E-state index in [1.54, 1.807) is 18.2 Å². The van der Waals surface area contributed by atoms with Crippen molar-refractivity contribution < 1.29 is 13.6 Å². The van der Waals surface area contributed by atoms with Gasteiger partial charge in [-0.1, -0.05) is 6.07 Å². The van der Waals surface area contributed by atoms with Crippen molar-refractivity contribution in [2.24, 2.45) is 0 Å². The summed E-state index contributed by atoms with van der Waals surface area (Å²) in [6, 6.07) is 8.47. The zero-order chi connectivity index (χ0) is 14.0. The van der Waals surface area contributed by atoms with Crippen molar-refractivity contribution in [1.29, 1.82) is 0 Å². The first kappa shape index (κ1) is 13.7. The summed E-state index contributed by atoms with van der Waals surface area (Å²) in [5.41, 5.74) is 1.64. The monoisotopic (exact) mass is 325 g/mol. The van der Waals surface area contributed by atoms with Crippen molar-refractivity contribution in [2.45, 2.75) is 6.92 Å². The van der Waals surface area contributed by atoms with Crippen LogP contribution in [0.2, 0.25) is 0 Å². The van der Waals surface area contributed by atoms with Gasteiger partial charge in [-0.15, -0.1) is 0 Å². The average Bonchev–Trinajstić information content (AvgIpc) is 2.33. The number of hydrogen-bond acceptors (Lipinski definition) is 1. The maximum Gasteiger partial charge on any atom is 0.256 e. The lowest BCUT2D eigenvalue weighted by Crippen LogP contribution is -2.12. The van der Waals surface area contributed by atoms with Crippen molar-refractivity contribution in [3.05, 3.63) is 63.6 Å². The predicted octanol–water partition coefficient (Wildman–Crippen LogP) is 4.29. The van der Waals surface area contributed by atoms with Crippen molar-refractivity contribution in [1.82, 2.24) is 0 Å². The third-order valence-electron chi connectivity index (χ3n) is 2.55. The minimum atomic E-state index is -0.999. The molecule has 2 aromatic rings. The van der Waals surface area contributed by atoms with Crippen LogP contribution in [0.4, 0.5) is 14.5 Å². The number of amides is 1. The molecule has 2 nitrogen and oxygen atoms in total. The number of carbonyl (C=O) groups excluding carboxylic acids is 1. The number of benzene rings is 2. The fraction of sp³-hybridized carbons (Fsp3) is 0.0714. The van der Waals surface area contributed by atoms with Crippen LogP contribution in [0.15, 0.2) is 40.9 Å². The van der Waals surface area contributed by atoms with Gasteiger partial charge in [0.2, 0.25) is 0 Å². The van der Waals surface area contributed by atoms with E-state index in [4.69, 9.17) is 0 Å². The Kier molecular flexibility index (Phi) is 3.95. The lowest BCUT2D eigenvalue weighted by atomic mass is 10.1. The van der Waals surface area contributed by atoms with Gasteiger partial charge in [-0.2, -0.15) is 0 Å². The lowest BCUT2D eigenvalue weighted by molar-refractivity contribution is 0.102.